The molecule has 0 aliphatic carbocycles. The summed E-state index contributed by atoms with van der Waals surface area (Å²) in [5.41, 5.74) is 3.88. The van der Waals surface area contributed by atoms with Crippen LogP contribution < -0.4 is 5.32 Å². The van der Waals surface area contributed by atoms with Crippen LogP contribution in [0.3, 0.4) is 0 Å². The predicted octanol–water partition coefficient (Wildman–Crippen LogP) is 3.45. The topological polar surface area (TPSA) is 12.0 Å². The number of rotatable bonds is 6. The maximum absolute atomic E-state index is 4.01. The van der Waals surface area contributed by atoms with Crippen LogP contribution in [0.5, 0.6) is 0 Å². The van der Waals surface area contributed by atoms with Crippen LogP contribution in [-0.4, -0.2) is 13.1 Å². The summed E-state index contributed by atoms with van der Waals surface area (Å²) < 4.78 is 0. The minimum atomic E-state index is 1.02. The molecule has 0 bridgehead atoms. The van der Waals surface area contributed by atoms with E-state index in [2.05, 4.69) is 51.7 Å². The molecule has 0 aromatic heterocycles. The van der Waals surface area contributed by atoms with Crippen molar-refractivity contribution < 1.29 is 0 Å². The third-order valence-electron chi connectivity index (χ3n) is 2.23. The van der Waals surface area contributed by atoms with Gasteiger partial charge in [-0.15, -0.1) is 0 Å². The number of allylic oxidation sites excluding steroid dienone is 4. The summed E-state index contributed by atoms with van der Waals surface area (Å²) in [6.07, 6.45) is 5.28. The number of nitrogens with one attached hydrogen (secondary N) is 1. The average Bonchev–Trinajstić information content (AvgIpc) is 2.14. The third-order valence-corrected chi connectivity index (χ3v) is 2.23. The lowest BCUT2D eigenvalue weighted by Gasteiger charge is -2.01. The first-order valence-corrected chi connectivity index (χ1v) is 5.28. The van der Waals surface area contributed by atoms with Crippen LogP contribution in [0.1, 0.15) is 34.1 Å². The molecule has 80 valence electrons. The van der Waals surface area contributed by atoms with E-state index in [1.807, 2.05) is 0 Å². The van der Waals surface area contributed by atoms with E-state index in [-0.39, 0.29) is 0 Å². The fraction of sp³-hybridized carbons (Fsp3) is 0.538. The summed E-state index contributed by atoms with van der Waals surface area (Å²) in [6.45, 7) is 14.6. The second kappa shape index (κ2) is 7.57. The zero-order chi connectivity index (χ0) is 11.0. The molecule has 0 aliphatic rings. The first-order chi connectivity index (χ1) is 6.57. The first kappa shape index (κ1) is 13.2. The summed E-state index contributed by atoms with van der Waals surface area (Å²) in [5.74, 6) is 0. The molecule has 1 nitrogen and oxygen atoms in total. The molecule has 0 aliphatic heterocycles. The molecule has 1 N–H and O–H groups in total. The summed E-state index contributed by atoms with van der Waals surface area (Å²) in [4.78, 5) is 0. The van der Waals surface area contributed by atoms with Crippen molar-refractivity contribution in [3.8, 4) is 0 Å². The highest BCUT2D eigenvalue weighted by Gasteiger charge is 1.89. The lowest BCUT2D eigenvalue weighted by Crippen LogP contribution is -2.13. The van der Waals surface area contributed by atoms with Gasteiger partial charge in [0.2, 0.25) is 0 Å². The monoisotopic (exact) mass is 193 g/mol. The van der Waals surface area contributed by atoms with Crippen molar-refractivity contribution in [3.63, 3.8) is 0 Å². The summed E-state index contributed by atoms with van der Waals surface area (Å²) in [7, 11) is 0. The Morgan fingerprint density at radius 1 is 1.21 bits per heavy atom. The molecule has 14 heavy (non-hydrogen) atoms. The molecule has 0 unspecified atom stereocenters. The summed E-state index contributed by atoms with van der Waals surface area (Å²) in [6, 6.07) is 0. The van der Waals surface area contributed by atoms with Gasteiger partial charge in [-0.05, 0) is 40.3 Å². The van der Waals surface area contributed by atoms with Crippen molar-refractivity contribution in [2.45, 2.75) is 34.1 Å². The molecule has 0 radical (unpaired) electrons. The molecule has 0 rings (SSSR count). The second-order valence-electron chi connectivity index (χ2n) is 3.78. The van der Waals surface area contributed by atoms with E-state index in [1.54, 1.807) is 0 Å². The largest absolute Gasteiger partial charge is 0.317 e. The van der Waals surface area contributed by atoms with Crippen LogP contribution in [0.2, 0.25) is 0 Å². The molecule has 0 saturated heterocycles. The van der Waals surface area contributed by atoms with E-state index in [0.717, 1.165) is 19.5 Å². The van der Waals surface area contributed by atoms with Gasteiger partial charge in [-0.1, -0.05) is 42.4 Å². The van der Waals surface area contributed by atoms with E-state index in [1.165, 1.54) is 16.7 Å². The Labute approximate surface area is 88.6 Å². The van der Waals surface area contributed by atoms with Crippen LogP contribution in [0.25, 0.3) is 0 Å². The minimum absolute atomic E-state index is 1.02. The standard InChI is InChI=1S/C13H23N/c1-6-14-10-9-12(4)7-8-13(5)11(2)3/h7-8,14H,4,6,9-10H2,1-3,5H3/b8-7-. The Hall–Kier alpha value is -0.820. The number of hydrogen-bond acceptors (Lipinski definition) is 1. The highest BCUT2D eigenvalue weighted by Crippen LogP contribution is 2.06. The molecule has 0 atom stereocenters. The highest BCUT2D eigenvalue weighted by molar-refractivity contribution is 5.27. The molecule has 1 heteroatoms. The zero-order valence-electron chi connectivity index (χ0n) is 9.98. The quantitative estimate of drug-likeness (QED) is 0.503. The van der Waals surface area contributed by atoms with Crippen LogP contribution >= 0.6 is 0 Å². The Balaban J connectivity index is 3.88. The van der Waals surface area contributed by atoms with Crippen molar-refractivity contribution in [2.75, 3.05) is 13.1 Å². The van der Waals surface area contributed by atoms with Gasteiger partial charge in [-0.25, -0.2) is 0 Å². The van der Waals surface area contributed by atoms with E-state index >= 15 is 0 Å². The van der Waals surface area contributed by atoms with Gasteiger partial charge in [-0.2, -0.15) is 0 Å². The van der Waals surface area contributed by atoms with Gasteiger partial charge in [0.1, 0.15) is 0 Å². The molecule has 0 heterocycles. The lowest BCUT2D eigenvalue weighted by molar-refractivity contribution is 0.719. The van der Waals surface area contributed by atoms with Gasteiger partial charge < -0.3 is 5.32 Å². The maximum atomic E-state index is 4.01. The van der Waals surface area contributed by atoms with Crippen molar-refractivity contribution in [1.29, 1.82) is 0 Å². The van der Waals surface area contributed by atoms with Gasteiger partial charge in [0.15, 0.2) is 0 Å². The van der Waals surface area contributed by atoms with Gasteiger partial charge in [-0.3, -0.25) is 0 Å². The van der Waals surface area contributed by atoms with Gasteiger partial charge in [0, 0.05) is 0 Å². The Bertz CT molecular complexity index is 230. The zero-order valence-corrected chi connectivity index (χ0v) is 9.98. The predicted molar refractivity (Wildman–Crippen MR) is 65.5 cm³/mol. The van der Waals surface area contributed by atoms with E-state index < -0.39 is 0 Å². The fourth-order valence-corrected chi connectivity index (χ4v) is 0.919. The van der Waals surface area contributed by atoms with Crippen LogP contribution in [-0.2, 0) is 0 Å². The Morgan fingerprint density at radius 2 is 1.86 bits per heavy atom. The van der Waals surface area contributed by atoms with Crippen LogP contribution in [0, 0.1) is 0 Å². The first-order valence-electron chi connectivity index (χ1n) is 5.28. The molecule has 0 aromatic carbocycles. The molecule has 0 fully saturated rings. The van der Waals surface area contributed by atoms with E-state index in [4.69, 9.17) is 0 Å². The van der Waals surface area contributed by atoms with Crippen molar-refractivity contribution in [2.24, 2.45) is 0 Å². The molecule has 0 saturated carbocycles. The van der Waals surface area contributed by atoms with Crippen molar-refractivity contribution in [3.05, 3.63) is 35.5 Å². The minimum Gasteiger partial charge on any atom is -0.317 e. The smallest absolute Gasteiger partial charge is 0.000868 e. The Kier molecular flexibility index (Phi) is 7.13. The van der Waals surface area contributed by atoms with Gasteiger partial charge in [0.05, 0.1) is 0 Å². The lowest BCUT2D eigenvalue weighted by atomic mass is 10.1. The van der Waals surface area contributed by atoms with Crippen molar-refractivity contribution >= 4 is 0 Å². The second-order valence-corrected chi connectivity index (χ2v) is 3.78. The van der Waals surface area contributed by atoms with Crippen LogP contribution in [0.15, 0.2) is 35.5 Å². The van der Waals surface area contributed by atoms with E-state index in [9.17, 15) is 0 Å². The number of hydrogen-bond donors (Lipinski definition) is 1. The van der Waals surface area contributed by atoms with Crippen LogP contribution in [0.4, 0.5) is 0 Å². The molecular formula is C13H23N. The van der Waals surface area contributed by atoms with Crippen molar-refractivity contribution in [1.82, 2.24) is 5.32 Å². The fourth-order valence-electron chi connectivity index (χ4n) is 0.919. The molecule has 0 aromatic rings. The Morgan fingerprint density at radius 3 is 2.36 bits per heavy atom. The SMILES string of the molecule is C=C(/C=C\C(C)=C(C)C)CCNCC. The maximum Gasteiger partial charge on any atom is -0.000868 e. The van der Waals surface area contributed by atoms with E-state index in [0.29, 0.717) is 0 Å². The average molecular weight is 193 g/mol. The van der Waals surface area contributed by atoms with Gasteiger partial charge >= 0.3 is 0 Å². The van der Waals surface area contributed by atoms with Gasteiger partial charge in [0.25, 0.3) is 0 Å². The highest BCUT2D eigenvalue weighted by atomic mass is 14.8. The third kappa shape index (κ3) is 6.67. The molecule has 0 spiro atoms. The summed E-state index contributed by atoms with van der Waals surface area (Å²) in [5, 5.41) is 3.28. The molecule has 0 amide bonds. The summed E-state index contributed by atoms with van der Waals surface area (Å²) >= 11 is 0. The normalized spacial score (nSPS) is 10.6. The molecular weight excluding hydrogens is 170 g/mol.